The highest BCUT2D eigenvalue weighted by atomic mass is 14.7. The third-order valence-corrected chi connectivity index (χ3v) is 8.77. The van der Waals surface area contributed by atoms with Gasteiger partial charge in [-0.3, -0.25) is 0 Å². The molecule has 4 saturated carbocycles. The number of rotatable bonds is 0. The molecular weight excluding hydrogens is 240 g/mol. The van der Waals surface area contributed by atoms with E-state index in [1.165, 1.54) is 19.3 Å². The van der Waals surface area contributed by atoms with Crippen LogP contribution in [0.1, 0.15) is 85.5 Å². The molecular formula is C20H34. The maximum Gasteiger partial charge on any atom is -0.0258 e. The normalized spacial score (nSPS) is 57.0. The van der Waals surface area contributed by atoms with E-state index >= 15 is 0 Å². The van der Waals surface area contributed by atoms with Gasteiger partial charge in [0.05, 0.1) is 0 Å². The zero-order valence-corrected chi connectivity index (χ0v) is 14.2. The SMILES string of the molecule is CC1C[C@@]23CC[C@@H]4C(C)(C)CCC[C@@]4(C)[C@@H]2CC[C@@H]1C3. The molecule has 0 radical (unpaired) electrons. The van der Waals surface area contributed by atoms with Gasteiger partial charge in [-0.05, 0) is 91.3 Å². The number of fused-ring (bicyclic) bond motifs is 3. The molecule has 0 N–H and O–H groups in total. The minimum absolute atomic E-state index is 0.607. The molecule has 4 aliphatic carbocycles. The van der Waals surface area contributed by atoms with Crippen LogP contribution >= 0.6 is 0 Å². The predicted octanol–water partition coefficient (Wildman–Crippen LogP) is 6.06. The summed E-state index contributed by atoms with van der Waals surface area (Å²) in [6, 6.07) is 0. The molecule has 20 heavy (non-hydrogen) atoms. The third kappa shape index (κ3) is 1.60. The van der Waals surface area contributed by atoms with Crippen LogP contribution in [0.2, 0.25) is 0 Å². The van der Waals surface area contributed by atoms with Crippen molar-refractivity contribution >= 4 is 0 Å². The van der Waals surface area contributed by atoms with Crippen LogP contribution in [0.4, 0.5) is 0 Å². The smallest absolute Gasteiger partial charge is 0.0258 e. The molecule has 0 heterocycles. The Bertz CT molecular complexity index is 404. The summed E-state index contributed by atoms with van der Waals surface area (Å²) in [4.78, 5) is 0. The molecule has 4 fully saturated rings. The first kappa shape index (κ1) is 13.6. The topological polar surface area (TPSA) is 0 Å². The second-order valence-corrected chi connectivity index (χ2v) is 10.1. The van der Waals surface area contributed by atoms with Gasteiger partial charge in [-0.2, -0.15) is 0 Å². The van der Waals surface area contributed by atoms with Gasteiger partial charge in [-0.15, -0.1) is 0 Å². The Balaban J connectivity index is 1.72. The summed E-state index contributed by atoms with van der Waals surface area (Å²) in [5.41, 5.74) is 2.06. The average molecular weight is 274 g/mol. The van der Waals surface area contributed by atoms with Gasteiger partial charge < -0.3 is 0 Å². The first-order valence-corrected chi connectivity index (χ1v) is 9.37. The summed E-state index contributed by atoms with van der Waals surface area (Å²) in [6.07, 6.45) is 13.9. The predicted molar refractivity (Wildman–Crippen MR) is 85.5 cm³/mol. The van der Waals surface area contributed by atoms with Gasteiger partial charge >= 0.3 is 0 Å². The van der Waals surface area contributed by atoms with Gasteiger partial charge in [0, 0.05) is 0 Å². The van der Waals surface area contributed by atoms with Gasteiger partial charge in [-0.25, -0.2) is 0 Å². The quantitative estimate of drug-likeness (QED) is 0.504. The third-order valence-electron chi connectivity index (χ3n) is 8.77. The molecule has 0 nitrogen and oxygen atoms in total. The van der Waals surface area contributed by atoms with Crippen LogP contribution in [-0.4, -0.2) is 0 Å². The summed E-state index contributed by atoms with van der Waals surface area (Å²) in [5.74, 6) is 4.18. The van der Waals surface area contributed by atoms with E-state index in [9.17, 15) is 0 Å². The van der Waals surface area contributed by atoms with Crippen molar-refractivity contribution in [2.24, 2.45) is 39.9 Å². The lowest BCUT2D eigenvalue weighted by Gasteiger charge is -2.64. The minimum Gasteiger partial charge on any atom is -0.0622 e. The lowest BCUT2D eigenvalue weighted by atomic mass is 9.41. The molecule has 114 valence electrons. The Morgan fingerprint density at radius 3 is 2.40 bits per heavy atom. The number of hydrogen-bond donors (Lipinski definition) is 0. The molecule has 0 aromatic carbocycles. The largest absolute Gasteiger partial charge is 0.0622 e. The zero-order chi connectivity index (χ0) is 14.2. The standard InChI is InChI=1S/C20H34/c1-14-12-20-11-8-16-18(2,3)9-5-10-19(16,4)17(20)7-6-15(14)13-20/h14-17H,5-13H2,1-4H3/t14?,15-,16-,17+,19-,20-/m1/s1. The van der Waals surface area contributed by atoms with Gasteiger partial charge in [0.2, 0.25) is 0 Å². The van der Waals surface area contributed by atoms with Crippen molar-refractivity contribution in [3.05, 3.63) is 0 Å². The van der Waals surface area contributed by atoms with Gasteiger partial charge in [0.25, 0.3) is 0 Å². The second-order valence-electron chi connectivity index (χ2n) is 10.1. The van der Waals surface area contributed by atoms with Crippen LogP contribution in [0.3, 0.4) is 0 Å². The summed E-state index contributed by atoms with van der Waals surface area (Å²) in [7, 11) is 0. The zero-order valence-electron chi connectivity index (χ0n) is 14.2. The van der Waals surface area contributed by atoms with Crippen molar-refractivity contribution in [1.29, 1.82) is 0 Å². The molecule has 0 heteroatoms. The maximum atomic E-state index is 2.72. The number of hydrogen-bond acceptors (Lipinski definition) is 0. The molecule has 1 spiro atoms. The highest BCUT2D eigenvalue weighted by Crippen LogP contribution is 2.72. The summed E-state index contributed by atoms with van der Waals surface area (Å²) < 4.78 is 0. The van der Waals surface area contributed by atoms with Crippen LogP contribution in [0, 0.1) is 39.9 Å². The fourth-order valence-electron chi connectivity index (χ4n) is 8.12. The van der Waals surface area contributed by atoms with Gasteiger partial charge in [0.15, 0.2) is 0 Å². The highest BCUT2D eigenvalue weighted by molar-refractivity contribution is 5.12. The van der Waals surface area contributed by atoms with E-state index < -0.39 is 0 Å². The van der Waals surface area contributed by atoms with E-state index in [2.05, 4.69) is 27.7 Å². The van der Waals surface area contributed by atoms with Crippen molar-refractivity contribution in [2.45, 2.75) is 85.5 Å². The molecule has 2 bridgehead atoms. The van der Waals surface area contributed by atoms with Crippen LogP contribution in [0.5, 0.6) is 0 Å². The van der Waals surface area contributed by atoms with Gasteiger partial charge in [-0.1, -0.05) is 34.1 Å². The van der Waals surface area contributed by atoms with Crippen molar-refractivity contribution in [3.63, 3.8) is 0 Å². The summed E-state index contributed by atoms with van der Waals surface area (Å²) in [5, 5.41) is 0. The fourth-order valence-corrected chi connectivity index (χ4v) is 8.12. The van der Waals surface area contributed by atoms with Gasteiger partial charge in [0.1, 0.15) is 0 Å². The van der Waals surface area contributed by atoms with Crippen LogP contribution in [0.25, 0.3) is 0 Å². The Hall–Kier alpha value is 0. The van der Waals surface area contributed by atoms with E-state index in [1.54, 1.807) is 38.5 Å². The molecule has 4 aliphatic rings. The first-order chi connectivity index (χ1) is 9.37. The van der Waals surface area contributed by atoms with E-state index in [0.717, 1.165) is 29.1 Å². The Labute approximate surface area is 126 Å². The molecule has 1 unspecified atom stereocenters. The van der Waals surface area contributed by atoms with E-state index in [4.69, 9.17) is 0 Å². The fraction of sp³-hybridized carbons (Fsp3) is 1.00. The van der Waals surface area contributed by atoms with Crippen LogP contribution < -0.4 is 0 Å². The minimum atomic E-state index is 0.607. The lowest BCUT2D eigenvalue weighted by Crippen LogP contribution is -2.55. The van der Waals surface area contributed by atoms with E-state index in [0.29, 0.717) is 10.8 Å². The Morgan fingerprint density at radius 2 is 1.60 bits per heavy atom. The molecule has 4 rings (SSSR count). The monoisotopic (exact) mass is 274 g/mol. The van der Waals surface area contributed by atoms with E-state index in [-0.39, 0.29) is 0 Å². The van der Waals surface area contributed by atoms with Crippen molar-refractivity contribution in [1.82, 2.24) is 0 Å². The van der Waals surface area contributed by atoms with Crippen molar-refractivity contribution < 1.29 is 0 Å². The molecule has 0 aliphatic heterocycles. The Kier molecular flexibility index (Phi) is 2.76. The van der Waals surface area contributed by atoms with Crippen molar-refractivity contribution in [3.8, 4) is 0 Å². The second kappa shape index (κ2) is 4.05. The molecule has 6 atom stereocenters. The van der Waals surface area contributed by atoms with Crippen LogP contribution in [0.15, 0.2) is 0 Å². The van der Waals surface area contributed by atoms with Crippen molar-refractivity contribution in [2.75, 3.05) is 0 Å². The van der Waals surface area contributed by atoms with E-state index in [1.807, 2.05) is 0 Å². The molecule has 0 amide bonds. The maximum absolute atomic E-state index is 2.72. The Morgan fingerprint density at radius 1 is 0.800 bits per heavy atom. The lowest BCUT2D eigenvalue weighted by molar-refractivity contribution is -0.144. The average Bonchev–Trinajstić information content (AvgIpc) is 2.58. The molecule has 0 aromatic heterocycles. The molecule has 0 saturated heterocycles. The summed E-state index contributed by atoms with van der Waals surface area (Å²) >= 11 is 0. The first-order valence-electron chi connectivity index (χ1n) is 9.37. The highest BCUT2D eigenvalue weighted by Gasteiger charge is 2.63. The summed E-state index contributed by atoms with van der Waals surface area (Å²) in [6.45, 7) is 10.4. The van der Waals surface area contributed by atoms with Crippen LogP contribution in [-0.2, 0) is 0 Å². The molecule has 0 aromatic rings.